The maximum Gasteiger partial charge on any atom is 0.194 e. The van der Waals surface area contributed by atoms with Crippen LogP contribution < -0.4 is 5.32 Å². The van der Waals surface area contributed by atoms with Crippen LogP contribution in [0.3, 0.4) is 0 Å². The van der Waals surface area contributed by atoms with E-state index in [1.54, 1.807) is 0 Å². The molecular formula is C21H30N6. The largest absolute Gasteiger partial charge is 0.357 e. The van der Waals surface area contributed by atoms with E-state index in [9.17, 15) is 0 Å². The van der Waals surface area contributed by atoms with Crippen molar-refractivity contribution in [1.29, 1.82) is 0 Å². The topological polar surface area (TPSA) is 58.3 Å². The average Bonchev–Trinajstić information content (AvgIpc) is 3.31. The molecule has 1 N–H and O–H groups in total. The Morgan fingerprint density at radius 1 is 1.19 bits per heavy atom. The van der Waals surface area contributed by atoms with Gasteiger partial charge in [0.2, 0.25) is 0 Å². The summed E-state index contributed by atoms with van der Waals surface area (Å²) >= 11 is 0. The van der Waals surface area contributed by atoms with Crippen LogP contribution >= 0.6 is 0 Å². The van der Waals surface area contributed by atoms with Gasteiger partial charge in [0.1, 0.15) is 11.6 Å². The van der Waals surface area contributed by atoms with Gasteiger partial charge >= 0.3 is 0 Å². The number of nitrogens with zero attached hydrogens (tertiary/aromatic N) is 5. The zero-order valence-corrected chi connectivity index (χ0v) is 16.4. The molecule has 0 bridgehead atoms. The van der Waals surface area contributed by atoms with Crippen LogP contribution in [-0.4, -0.2) is 45.0 Å². The third-order valence-electron chi connectivity index (χ3n) is 5.93. The number of aliphatic imine (C=N–C) groups is 1. The van der Waals surface area contributed by atoms with Gasteiger partial charge < -0.3 is 10.2 Å². The van der Waals surface area contributed by atoms with E-state index in [-0.39, 0.29) is 0 Å². The summed E-state index contributed by atoms with van der Waals surface area (Å²) in [5.74, 6) is 4.61. The lowest BCUT2D eigenvalue weighted by molar-refractivity contribution is 0.299. The Bertz CT molecular complexity index is 781. The molecule has 27 heavy (non-hydrogen) atoms. The van der Waals surface area contributed by atoms with Crippen LogP contribution in [0, 0.1) is 18.8 Å². The van der Waals surface area contributed by atoms with Gasteiger partial charge in [-0.15, -0.1) is 0 Å². The molecule has 2 aliphatic rings. The van der Waals surface area contributed by atoms with Gasteiger partial charge in [-0.1, -0.05) is 18.9 Å². The smallest absolute Gasteiger partial charge is 0.194 e. The van der Waals surface area contributed by atoms with Crippen LogP contribution in [0.4, 0.5) is 0 Å². The summed E-state index contributed by atoms with van der Waals surface area (Å²) in [5, 5.41) is 3.51. The van der Waals surface area contributed by atoms with Crippen molar-refractivity contribution in [2.45, 2.75) is 46.1 Å². The van der Waals surface area contributed by atoms with E-state index in [1.807, 2.05) is 36.1 Å². The van der Waals surface area contributed by atoms with Gasteiger partial charge in [-0.2, -0.15) is 0 Å². The highest BCUT2D eigenvalue weighted by molar-refractivity contribution is 5.80. The Balaban J connectivity index is 1.54. The highest BCUT2D eigenvalue weighted by atomic mass is 15.3. The average molecular weight is 367 g/mol. The third-order valence-corrected chi connectivity index (χ3v) is 5.93. The second kappa shape index (κ2) is 8.11. The van der Waals surface area contributed by atoms with E-state index in [0.717, 1.165) is 54.6 Å². The molecule has 1 aliphatic heterocycles. The van der Waals surface area contributed by atoms with Crippen molar-refractivity contribution in [2.24, 2.45) is 16.8 Å². The second-order valence-electron chi connectivity index (χ2n) is 7.71. The van der Waals surface area contributed by atoms with Crippen molar-refractivity contribution < 1.29 is 0 Å². The summed E-state index contributed by atoms with van der Waals surface area (Å²) in [5.41, 5.74) is 1.12. The van der Waals surface area contributed by atoms with Gasteiger partial charge in [0.05, 0.1) is 6.54 Å². The fourth-order valence-corrected chi connectivity index (χ4v) is 4.54. The number of hydrogen-bond donors (Lipinski definition) is 1. The summed E-state index contributed by atoms with van der Waals surface area (Å²) in [6.07, 6.45) is 11.2. The normalized spacial score (nSPS) is 22.7. The molecular weight excluding hydrogens is 336 g/mol. The molecule has 0 radical (unpaired) electrons. The third kappa shape index (κ3) is 3.84. The van der Waals surface area contributed by atoms with Crippen molar-refractivity contribution in [2.75, 3.05) is 19.6 Å². The molecule has 2 unspecified atom stereocenters. The molecule has 6 heteroatoms. The van der Waals surface area contributed by atoms with Gasteiger partial charge in [0.25, 0.3) is 0 Å². The highest BCUT2D eigenvalue weighted by Crippen LogP contribution is 2.36. The van der Waals surface area contributed by atoms with Crippen molar-refractivity contribution >= 4 is 5.96 Å². The Morgan fingerprint density at radius 3 is 2.63 bits per heavy atom. The first kappa shape index (κ1) is 18.0. The number of likely N-dealkylation sites (tertiary alicyclic amines) is 1. The van der Waals surface area contributed by atoms with Crippen molar-refractivity contribution in [1.82, 2.24) is 24.8 Å². The summed E-state index contributed by atoms with van der Waals surface area (Å²) in [7, 11) is 0. The molecule has 144 valence electrons. The molecule has 6 nitrogen and oxygen atoms in total. The maximum absolute atomic E-state index is 4.98. The Morgan fingerprint density at radius 2 is 1.96 bits per heavy atom. The fourth-order valence-electron chi connectivity index (χ4n) is 4.54. The Labute approximate surface area is 161 Å². The molecule has 2 aromatic heterocycles. The number of aryl methyl sites for hydroxylation is 1. The summed E-state index contributed by atoms with van der Waals surface area (Å²) in [6, 6.07) is 4.09. The zero-order chi connectivity index (χ0) is 18.6. The SMILES string of the molecule is CCNC(=NCc1cccnc1-n1ccnc1C)N1CC2CCCCC2C1. The number of rotatable bonds is 4. The molecule has 1 saturated carbocycles. The standard InChI is InChI=1S/C21H30N6/c1-3-22-21(26-14-18-7-4-5-8-19(18)15-26)25-13-17-9-6-10-24-20(17)27-12-11-23-16(27)2/h6,9-12,18-19H,3-5,7-8,13-15H2,1-2H3,(H,22,25). The quantitative estimate of drug-likeness (QED) is 0.667. The van der Waals surface area contributed by atoms with Crippen LogP contribution in [0.2, 0.25) is 0 Å². The van der Waals surface area contributed by atoms with Gasteiger partial charge in [0.15, 0.2) is 5.96 Å². The minimum absolute atomic E-state index is 0.620. The van der Waals surface area contributed by atoms with Crippen LogP contribution in [0.25, 0.3) is 5.82 Å². The molecule has 0 aromatic carbocycles. The minimum Gasteiger partial charge on any atom is -0.357 e. The number of guanidine groups is 1. The first-order chi connectivity index (χ1) is 13.3. The first-order valence-corrected chi connectivity index (χ1v) is 10.2. The van der Waals surface area contributed by atoms with Crippen molar-refractivity contribution in [3.63, 3.8) is 0 Å². The van der Waals surface area contributed by atoms with Crippen LogP contribution in [0.15, 0.2) is 35.7 Å². The van der Waals surface area contributed by atoms with Crippen molar-refractivity contribution in [3.8, 4) is 5.82 Å². The number of nitrogens with one attached hydrogen (secondary N) is 1. The Hall–Kier alpha value is -2.37. The molecule has 2 fully saturated rings. The molecule has 1 aliphatic carbocycles. The minimum atomic E-state index is 0.620. The van der Waals surface area contributed by atoms with E-state index >= 15 is 0 Å². The Kier molecular flexibility index (Phi) is 5.41. The van der Waals surface area contributed by atoms with E-state index in [1.165, 1.54) is 25.7 Å². The number of aromatic nitrogens is 3. The second-order valence-corrected chi connectivity index (χ2v) is 7.71. The lowest BCUT2D eigenvalue weighted by Crippen LogP contribution is -2.40. The lowest BCUT2D eigenvalue weighted by Gasteiger charge is -2.22. The van der Waals surface area contributed by atoms with Crippen LogP contribution in [0.1, 0.15) is 44.0 Å². The zero-order valence-electron chi connectivity index (χ0n) is 16.4. The van der Waals surface area contributed by atoms with Crippen LogP contribution in [-0.2, 0) is 6.54 Å². The summed E-state index contributed by atoms with van der Waals surface area (Å²) in [6.45, 7) is 7.95. The molecule has 2 aromatic rings. The van der Waals surface area contributed by atoms with Gasteiger partial charge in [-0.05, 0) is 44.6 Å². The van der Waals surface area contributed by atoms with Gasteiger partial charge in [-0.3, -0.25) is 4.57 Å². The fraction of sp³-hybridized carbons (Fsp3) is 0.571. The van der Waals surface area contributed by atoms with Gasteiger partial charge in [0, 0.05) is 43.8 Å². The van der Waals surface area contributed by atoms with Crippen molar-refractivity contribution in [3.05, 3.63) is 42.1 Å². The van der Waals surface area contributed by atoms with Crippen LogP contribution in [0.5, 0.6) is 0 Å². The predicted molar refractivity (Wildman–Crippen MR) is 108 cm³/mol. The van der Waals surface area contributed by atoms with E-state index in [0.29, 0.717) is 6.54 Å². The van der Waals surface area contributed by atoms with Gasteiger partial charge in [-0.25, -0.2) is 15.0 Å². The first-order valence-electron chi connectivity index (χ1n) is 10.2. The molecule has 0 spiro atoms. The summed E-state index contributed by atoms with van der Waals surface area (Å²) < 4.78 is 2.03. The lowest BCUT2D eigenvalue weighted by atomic mass is 9.82. The molecule has 0 amide bonds. The molecule has 3 heterocycles. The molecule has 2 atom stereocenters. The van der Waals surface area contributed by atoms with E-state index in [2.05, 4.69) is 33.2 Å². The molecule has 1 saturated heterocycles. The summed E-state index contributed by atoms with van der Waals surface area (Å²) in [4.78, 5) is 16.4. The number of imidazole rings is 1. The molecule has 4 rings (SSSR count). The van der Waals surface area contributed by atoms with E-state index in [4.69, 9.17) is 4.99 Å². The monoisotopic (exact) mass is 366 g/mol. The highest BCUT2D eigenvalue weighted by Gasteiger charge is 2.35. The van der Waals surface area contributed by atoms with E-state index < -0.39 is 0 Å². The predicted octanol–water partition coefficient (Wildman–Crippen LogP) is 3.16. The number of fused-ring (bicyclic) bond motifs is 1. The maximum atomic E-state index is 4.98. The number of hydrogen-bond acceptors (Lipinski definition) is 3. The number of pyridine rings is 1.